The lowest BCUT2D eigenvalue weighted by Gasteiger charge is -2.38. The van der Waals surface area contributed by atoms with Crippen LogP contribution >= 0.6 is 0 Å². The van der Waals surface area contributed by atoms with Crippen LogP contribution in [0.4, 0.5) is 0 Å². The normalized spacial score (nSPS) is 13.3. The molecule has 0 atom stereocenters. The Bertz CT molecular complexity index is 244. The first kappa shape index (κ1) is 17.7. The van der Waals surface area contributed by atoms with Crippen LogP contribution in [-0.2, 0) is 4.65 Å². The molecular formula is C14H29BO3. The van der Waals surface area contributed by atoms with Gasteiger partial charge in [0.1, 0.15) is 0 Å². The maximum Gasteiger partial charge on any atom is 0.483 e. The van der Waals surface area contributed by atoms with E-state index in [1.54, 1.807) is 33.7 Å². The number of allylic oxidation sites excluding steroid dienone is 1. The first-order chi connectivity index (χ1) is 8.20. The van der Waals surface area contributed by atoms with Crippen LogP contribution in [0.3, 0.4) is 0 Å². The fourth-order valence-electron chi connectivity index (χ4n) is 1.39. The van der Waals surface area contributed by atoms with E-state index in [2.05, 4.69) is 6.92 Å². The highest BCUT2D eigenvalue weighted by Gasteiger charge is 2.38. The molecule has 2 N–H and O–H groups in total. The van der Waals surface area contributed by atoms with Gasteiger partial charge in [-0.2, -0.15) is 0 Å². The van der Waals surface area contributed by atoms with Gasteiger partial charge in [0.05, 0.1) is 11.2 Å². The van der Waals surface area contributed by atoms with Gasteiger partial charge in [0.15, 0.2) is 0 Å². The van der Waals surface area contributed by atoms with E-state index in [1.807, 2.05) is 6.08 Å². The van der Waals surface area contributed by atoms with Crippen molar-refractivity contribution in [2.45, 2.75) is 77.9 Å². The standard InChI is InChI=1S/C14H29BO3/c1-6-7-8-9-10-11-12-15(17)18-14(4,5)13(2,3)16/h11-12,16-17H,6-10H2,1-5H3/b12-11+. The van der Waals surface area contributed by atoms with Crippen LogP contribution in [-0.4, -0.2) is 28.5 Å². The van der Waals surface area contributed by atoms with Gasteiger partial charge >= 0.3 is 7.12 Å². The lowest BCUT2D eigenvalue weighted by Crippen LogP contribution is -2.50. The molecule has 0 rings (SSSR count). The SMILES string of the molecule is CCCCCC/C=C/B(O)OC(C)(C)C(C)(C)O. The van der Waals surface area contributed by atoms with E-state index < -0.39 is 18.3 Å². The van der Waals surface area contributed by atoms with Gasteiger partial charge in [-0.15, -0.1) is 0 Å². The molecule has 0 heterocycles. The molecule has 4 heteroatoms. The molecule has 0 aromatic heterocycles. The van der Waals surface area contributed by atoms with Crippen LogP contribution in [0.5, 0.6) is 0 Å². The Balaban J connectivity index is 3.96. The predicted octanol–water partition coefficient (Wildman–Crippen LogP) is 3.10. The van der Waals surface area contributed by atoms with Crippen LogP contribution in [0.2, 0.25) is 0 Å². The molecule has 106 valence electrons. The maximum atomic E-state index is 9.90. The molecule has 0 spiro atoms. The van der Waals surface area contributed by atoms with Gasteiger partial charge in [0.25, 0.3) is 0 Å². The van der Waals surface area contributed by atoms with E-state index in [4.69, 9.17) is 4.65 Å². The zero-order valence-electron chi connectivity index (χ0n) is 12.6. The van der Waals surface area contributed by atoms with E-state index in [9.17, 15) is 10.1 Å². The first-order valence-electron chi connectivity index (χ1n) is 6.95. The average molecular weight is 256 g/mol. The van der Waals surface area contributed by atoms with E-state index >= 15 is 0 Å². The summed E-state index contributed by atoms with van der Waals surface area (Å²) in [5.41, 5.74) is -1.79. The van der Waals surface area contributed by atoms with Crippen LogP contribution < -0.4 is 0 Å². The monoisotopic (exact) mass is 256 g/mol. The summed E-state index contributed by atoms with van der Waals surface area (Å²) in [6, 6.07) is 0. The second kappa shape index (κ2) is 7.98. The Morgan fingerprint density at radius 3 is 2.22 bits per heavy atom. The number of hydrogen-bond donors (Lipinski definition) is 2. The molecule has 0 radical (unpaired) electrons. The summed E-state index contributed by atoms with van der Waals surface area (Å²) in [6.07, 6.45) is 7.77. The number of aliphatic hydroxyl groups is 1. The Morgan fingerprint density at radius 2 is 1.72 bits per heavy atom. The summed E-state index contributed by atoms with van der Waals surface area (Å²) in [5.74, 6) is 1.65. The van der Waals surface area contributed by atoms with Gasteiger partial charge in [-0.3, -0.25) is 0 Å². The molecule has 18 heavy (non-hydrogen) atoms. The minimum Gasteiger partial charge on any atom is -0.423 e. The molecule has 0 aromatic carbocycles. The topological polar surface area (TPSA) is 49.7 Å². The van der Waals surface area contributed by atoms with Gasteiger partial charge in [-0.05, 0) is 40.5 Å². The highest BCUT2D eigenvalue weighted by atomic mass is 16.5. The number of hydrogen-bond acceptors (Lipinski definition) is 3. The summed E-state index contributed by atoms with van der Waals surface area (Å²) >= 11 is 0. The third kappa shape index (κ3) is 7.19. The van der Waals surface area contributed by atoms with Gasteiger partial charge in [0, 0.05) is 0 Å². The molecule has 0 bridgehead atoms. The van der Waals surface area contributed by atoms with Crippen molar-refractivity contribution in [1.29, 1.82) is 0 Å². The molecule has 0 saturated carbocycles. The largest absolute Gasteiger partial charge is 0.483 e. The highest BCUT2D eigenvalue weighted by Crippen LogP contribution is 2.25. The first-order valence-corrected chi connectivity index (χ1v) is 6.95. The second-order valence-corrected chi connectivity index (χ2v) is 5.86. The molecule has 0 saturated heterocycles. The van der Waals surface area contributed by atoms with Crippen LogP contribution in [0.1, 0.15) is 66.7 Å². The van der Waals surface area contributed by atoms with Gasteiger partial charge < -0.3 is 14.8 Å². The van der Waals surface area contributed by atoms with Crippen molar-refractivity contribution in [3.8, 4) is 0 Å². The third-order valence-corrected chi connectivity index (χ3v) is 3.41. The quantitative estimate of drug-likeness (QED) is 0.492. The predicted molar refractivity (Wildman–Crippen MR) is 77.3 cm³/mol. The molecule has 0 amide bonds. The van der Waals surface area contributed by atoms with Gasteiger partial charge in [-0.25, -0.2) is 0 Å². The molecular weight excluding hydrogens is 227 g/mol. The lowest BCUT2D eigenvalue weighted by molar-refractivity contribution is -0.0984. The van der Waals surface area contributed by atoms with E-state index in [-0.39, 0.29) is 0 Å². The van der Waals surface area contributed by atoms with Crippen LogP contribution in [0.25, 0.3) is 0 Å². The van der Waals surface area contributed by atoms with Crippen molar-refractivity contribution in [1.82, 2.24) is 0 Å². The van der Waals surface area contributed by atoms with E-state index in [0.717, 1.165) is 12.8 Å². The fraction of sp³-hybridized carbons (Fsp3) is 0.857. The molecule has 0 fully saturated rings. The fourth-order valence-corrected chi connectivity index (χ4v) is 1.39. The minimum absolute atomic E-state index is 0.793. The molecule has 0 aliphatic carbocycles. The maximum absolute atomic E-state index is 9.90. The van der Waals surface area contributed by atoms with Crippen molar-refractivity contribution < 1.29 is 14.8 Å². The molecule has 0 unspecified atom stereocenters. The summed E-state index contributed by atoms with van der Waals surface area (Å²) < 4.78 is 5.45. The number of unbranched alkanes of at least 4 members (excludes halogenated alkanes) is 4. The third-order valence-electron chi connectivity index (χ3n) is 3.41. The Hall–Kier alpha value is -0.315. The summed E-state index contributed by atoms with van der Waals surface area (Å²) in [7, 11) is -0.961. The Kier molecular flexibility index (Phi) is 7.84. The minimum atomic E-state index is -0.997. The summed E-state index contributed by atoms with van der Waals surface area (Å²) in [5, 5.41) is 19.6. The Morgan fingerprint density at radius 1 is 1.11 bits per heavy atom. The van der Waals surface area contributed by atoms with Crippen molar-refractivity contribution in [3.05, 3.63) is 12.1 Å². The molecule has 3 nitrogen and oxygen atoms in total. The highest BCUT2D eigenvalue weighted by molar-refractivity contribution is 6.49. The van der Waals surface area contributed by atoms with E-state index in [0.29, 0.717) is 0 Å². The average Bonchev–Trinajstić information content (AvgIpc) is 2.20. The second-order valence-electron chi connectivity index (χ2n) is 5.86. The zero-order chi connectivity index (χ0) is 14.2. The molecule has 0 aromatic rings. The number of rotatable bonds is 9. The van der Waals surface area contributed by atoms with Crippen molar-refractivity contribution in [2.24, 2.45) is 0 Å². The lowest BCUT2D eigenvalue weighted by atomic mass is 9.83. The van der Waals surface area contributed by atoms with Crippen LogP contribution in [0.15, 0.2) is 12.1 Å². The van der Waals surface area contributed by atoms with Crippen LogP contribution in [0, 0.1) is 0 Å². The summed E-state index contributed by atoms with van der Waals surface area (Å²) in [6.45, 7) is 9.07. The molecule has 0 aliphatic rings. The van der Waals surface area contributed by atoms with E-state index in [1.165, 1.54) is 19.3 Å². The van der Waals surface area contributed by atoms with Gasteiger partial charge in [0.2, 0.25) is 0 Å². The smallest absolute Gasteiger partial charge is 0.423 e. The van der Waals surface area contributed by atoms with Crippen molar-refractivity contribution >= 4 is 7.12 Å². The van der Waals surface area contributed by atoms with Crippen molar-refractivity contribution in [3.63, 3.8) is 0 Å². The van der Waals surface area contributed by atoms with Gasteiger partial charge in [-0.1, -0.05) is 38.2 Å². The summed E-state index contributed by atoms with van der Waals surface area (Å²) in [4.78, 5) is 0. The van der Waals surface area contributed by atoms with Crippen molar-refractivity contribution in [2.75, 3.05) is 0 Å². The molecule has 0 aliphatic heterocycles. The zero-order valence-corrected chi connectivity index (χ0v) is 12.6. The Labute approximate surface area is 112 Å².